The predicted octanol–water partition coefficient (Wildman–Crippen LogP) is 4.04. The van der Waals surface area contributed by atoms with Crippen LogP contribution in [0.3, 0.4) is 0 Å². The molecule has 1 aromatic heterocycles. The summed E-state index contributed by atoms with van der Waals surface area (Å²) >= 11 is 5.83. The van der Waals surface area contributed by atoms with Gasteiger partial charge < -0.3 is 10.1 Å². The summed E-state index contributed by atoms with van der Waals surface area (Å²) in [6.07, 6.45) is 0. The molecule has 138 valence electrons. The highest BCUT2D eigenvalue weighted by atomic mass is 35.5. The van der Waals surface area contributed by atoms with Crippen LogP contribution in [0.5, 0.6) is 5.75 Å². The topological polar surface area (TPSA) is 101 Å². The van der Waals surface area contributed by atoms with Gasteiger partial charge in [0.05, 0.1) is 12.8 Å². The van der Waals surface area contributed by atoms with Crippen molar-refractivity contribution < 1.29 is 9.53 Å². The van der Waals surface area contributed by atoms with Crippen LogP contribution >= 0.6 is 11.6 Å². The van der Waals surface area contributed by atoms with Crippen LogP contribution in [0, 0.1) is 0 Å². The van der Waals surface area contributed by atoms with Crippen molar-refractivity contribution in [2.24, 2.45) is 17.3 Å². The molecule has 1 amide bonds. The quantitative estimate of drug-likeness (QED) is 0.648. The third-order valence-corrected chi connectivity index (χ3v) is 3.95. The summed E-state index contributed by atoms with van der Waals surface area (Å²) in [6, 6.07) is 13.3. The molecule has 0 fully saturated rings. The number of ether oxygens (including phenoxy) is 1. The predicted molar refractivity (Wildman–Crippen MR) is 103 cm³/mol. The Hall–Kier alpha value is -3.39. The Morgan fingerprint density at radius 1 is 1.19 bits per heavy atom. The van der Waals surface area contributed by atoms with E-state index >= 15 is 0 Å². The molecule has 0 saturated heterocycles. The second kappa shape index (κ2) is 7.88. The number of amides is 1. The fraction of sp³-hybridized carbons (Fsp3) is 0.111. The number of halogens is 1. The van der Waals surface area contributed by atoms with Gasteiger partial charge in [-0.2, -0.15) is 5.11 Å². The van der Waals surface area contributed by atoms with Crippen LogP contribution in [-0.2, 0) is 7.05 Å². The van der Waals surface area contributed by atoms with E-state index in [0.717, 1.165) is 0 Å². The first kappa shape index (κ1) is 18.4. The largest absolute Gasteiger partial charge is 0.497 e. The molecule has 2 aromatic carbocycles. The van der Waals surface area contributed by atoms with Crippen LogP contribution in [0.15, 0.2) is 63.6 Å². The molecule has 1 heterocycles. The van der Waals surface area contributed by atoms with Gasteiger partial charge in [0, 0.05) is 23.7 Å². The third kappa shape index (κ3) is 4.24. The lowest BCUT2D eigenvalue weighted by Gasteiger charge is -2.06. The van der Waals surface area contributed by atoms with Crippen molar-refractivity contribution in [3.05, 3.63) is 69.5 Å². The summed E-state index contributed by atoms with van der Waals surface area (Å²) in [7, 11) is 3.13. The molecule has 3 aromatic rings. The van der Waals surface area contributed by atoms with Crippen LogP contribution in [-0.4, -0.2) is 22.8 Å². The minimum absolute atomic E-state index is 0.0115. The average molecular weight is 386 g/mol. The SMILES string of the molecule is COc1cccc(N=Nc2c(NC(=O)c3ccc(Cl)cc3)n(C)[nH]c2=O)c1. The molecule has 0 saturated carbocycles. The second-order valence-corrected chi connectivity index (χ2v) is 6.00. The maximum absolute atomic E-state index is 12.4. The number of nitrogens with zero attached hydrogens (tertiary/aromatic N) is 3. The number of hydrogen-bond acceptors (Lipinski definition) is 5. The van der Waals surface area contributed by atoms with Crippen molar-refractivity contribution in [3.63, 3.8) is 0 Å². The van der Waals surface area contributed by atoms with Gasteiger partial charge in [-0.15, -0.1) is 5.11 Å². The smallest absolute Gasteiger partial charge is 0.294 e. The molecule has 0 aliphatic rings. The molecule has 0 unspecified atom stereocenters. The van der Waals surface area contributed by atoms with Crippen molar-refractivity contribution in [1.82, 2.24) is 9.78 Å². The number of H-pyrrole nitrogens is 1. The number of aryl methyl sites for hydroxylation is 1. The zero-order chi connectivity index (χ0) is 19.4. The summed E-state index contributed by atoms with van der Waals surface area (Å²) in [6.45, 7) is 0. The number of carbonyl (C=O) groups excluding carboxylic acids is 1. The summed E-state index contributed by atoms with van der Waals surface area (Å²) < 4.78 is 6.50. The fourth-order valence-electron chi connectivity index (χ4n) is 2.32. The van der Waals surface area contributed by atoms with E-state index < -0.39 is 11.5 Å². The Labute approximate surface area is 159 Å². The van der Waals surface area contributed by atoms with Crippen LogP contribution in [0.25, 0.3) is 0 Å². The summed E-state index contributed by atoms with van der Waals surface area (Å²) in [5.74, 6) is 0.412. The molecule has 2 N–H and O–H groups in total. The first-order chi connectivity index (χ1) is 13.0. The highest BCUT2D eigenvalue weighted by Gasteiger charge is 2.16. The second-order valence-electron chi connectivity index (χ2n) is 5.56. The van der Waals surface area contributed by atoms with Crippen LogP contribution in [0.1, 0.15) is 10.4 Å². The Balaban J connectivity index is 1.88. The highest BCUT2D eigenvalue weighted by molar-refractivity contribution is 6.30. The van der Waals surface area contributed by atoms with Gasteiger partial charge in [-0.1, -0.05) is 17.7 Å². The number of benzene rings is 2. The number of rotatable bonds is 5. The normalized spacial score (nSPS) is 10.9. The van der Waals surface area contributed by atoms with E-state index in [1.807, 2.05) is 0 Å². The highest BCUT2D eigenvalue weighted by Crippen LogP contribution is 2.25. The number of nitrogens with one attached hydrogen (secondary N) is 2. The number of azo groups is 1. The Morgan fingerprint density at radius 3 is 2.63 bits per heavy atom. The Morgan fingerprint density at radius 2 is 1.93 bits per heavy atom. The summed E-state index contributed by atoms with van der Waals surface area (Å²) in [4.78, 5) is 24.6. The number of aromatic nitrogens is 2. The molecule has 3 rings (SSSR count). The molecule has 0 atom stereocenters. The number of aromatic amines is 1. The van der Waals surface area contributed by atoms with Crippen molar-refractivity contribution in [2.45, 2.75) is 0 Å². The number of anilines is 1. The maximum atomic E-state index is 12.4. The molecule has 27 heavy (non-hydrogen) atoms. The van der Waals surface area contributed by atoms with Crippen LogP contribution in [0.2, 0.25) is 5.02 Å². The zero-order valence-electron chi connectivity index (χ0n) is 14.6. The molecular formula is C18H16ClN5O3. The van der Waals surface area contributed by atoms with Gasteiger partial charge >= 0.3 is 0 Å². The van der Waals surface area contributed by atoms with Gasteiger partial charge in [0.1, 0.15) is 5.75 Å². The fourth-order valence-corrected chi connectivity index (χ4v) is 2.45. The minimum Gasteiger partial charge on any atom is -0.497 e. The van der Waals surface area contributed by atoms with E-state index in [4.69, 9.17) is 16.3 Å². The monoisotopic (exact) mass is 385 g/mol. The van der Waals surface area contributed by atoms with Crippen molar-refractivity contribution >= 4 is 34.7 Å². The van der Waals surface area contributed by atoms with Gasteiger partial charge in [0.15, 0.2) is 11.5 Å². The van der Waals surface area contributed by atoms with E-state index in [1.165, 1.54) is 4.68 Å². The Bertz CT molecular complexity index is 1050. The van der Waals surface area contributed by atoms with Gasteiger partial charge in [-0.3, -0.25) is 19.4 Å². The number of hydrogen-bond donors (Lipinski definition) is 2. The van der Waals surface area contributed by atoms with Crippen molar-refractivity contribution in [1.29, 1.82) is 0 Å². The zero-order valence-corrected chi connectivity index (χ0v) is 15.3. The molecule has 9 heteroatoms. The van der Waals surface area contributed by atoms with E-state index in [0.29, 0.717) is 22.0 Å². The van der Waals surface area contributed by atoms with Gasteiger partial charge in [-0.05, 0) is 36.4 Å². The van der Waals surface area contributed by atoms with Gasteiger partial charge in [0.2, 0.25) is 0 Å². The van der Waals surface area contributed by atoms with E-state index in [-0.39, 0.29) is 11.5 Å². The van der Waals surface area contributed by atoms with Crippen molar-refractivity contribution in [3.8, 4) is 5.75 Å². The minimum atomic E-state index is -0.476. The number of carbonyl (C=O) groups is 1. The molecule has 0 radical (unpaired) electrons. The van der Waals surface area contributed by atoms with Crippen molar-refractivity contribution in [2.75, 3.05) is 12.4 Å². The van der Waals surface area contributed by atoms with Gasteiger partial charge in [0.25, 0.3) is 11.5 Å². The molecule has 0 aliphatic carbocycles. The molecule has 0 aliphatic heterocycles. The molecule has 0 spiro atoms. The Kier molecular flexibility index (Phi) is 5.37. The first-order valence-electron chi connectivity index (χ1n) is 7.89. The average Bonchev–Trinajstić information content (AvgIpc) is 2.93. The van der Waals surface area contributed by atoms with E-state index in [1.54, 1.807) is 62.7 Å². The summed E-state index contributed by atoms with van der Waals surface area (Å²) in [5, 5.41) is 13.8. The number of methoxy groups -OCH3 is 1. The van der Waals surface area contributed by atoms with Crippen LogP contribution in [0.4, 0.5) is 17.2 Å². The lowest BCUT2D eigenvalue weighted by Crippen LogP contribution is -2.14. The van der Waals surface area contributed by atoms with Crippen LogP contribution < -0.4 is 15.6 Å². The maximum Gasteiger partial charge on any atom is 0.294 e. The van der Waals surface area contributed by atoms with Gasteiger partial charge in [-0.25, -0.2) is 0 Å². The first-order valence-corrected chi connectivity index (χ1v) is 8.27. The summed E-state index contributed by atoms with van der Waals surface area (Å²) in [5.41, 5.74) is 0.412. The lowest BCUT2D eigenvalue weighted by atomic mass is 10.2. The molecule has 0 bridgehead atoms. The van der Waals surface area contributed by atoms with E-state index in [9.17, 15) is 9.59 Å². The standard InChI is InChI=1S/C18H16ClN5O3/c1-24-16(20-17(25)11-6-8-12(19)9-7-11)15(18(26)23-24)22-21-13-4-3-5-14(10-13)27-2/h3-10H,1-2H3,(H,20,25)(H,23,26). The molecular weight excluding hydrogens is 370 g/mol. The van der Waals surface area contributed by atoms with E-state index in [2.05, 4.69) is 20.6 Å². The molecule has 8 nitrogen and oxygen atoms in total. The lowest BCUT2D eigenvalue weighted by molar-refractivity contribution is 0.102. The third-order valence-electron chi connectivity index (χ3n) is 3.70.